The van der Waals surface area contributed by atoms with Crippen molar-refractivity contribution >= 4 is 22.3 Å². The Balaban J connectivity index is 1.36. The quantitative estimate of drug-likeness (QED) is 0.632. The molecule has 0 N–H and O–H groups in total. The molecule has 3 heterocycles. The van der Waals surface area contributed by atoms with Crippen LogP contribution < -0.4 is 15.0 Å². The number of aromatic nitrogens is 2. The third-order valence-corrected chi connectivity index (χ3v) is 6.09. The third-order valence-electron chi connectivity index (χ3n) is 4.94. The van der Waals surface area contributed by atoms with Crippen LogP contribution in [0.2, 0.25) is 0 Å². The average molecular weight is 398 g/mol. The molecule has 1 aliphatic carbocycles. The average Bonchev–Trinajstić information content (AvgIpc) is 3.10. The van der Waals surface area contributed by atoms with Gasteiger partial charge in [-0.15, -0.1) is 11.3 Å². The highest BCUT2D eigenvalue weighted by Crippen LogP contribution is 2.31. The van der Waals surface area contributed by atoms with Gasteiger partial charge in [-0.25, -0.2) is 9.78 Å². The van der Waals surface area contributed by atoms with E-state index in [2.05, 4.69) is 4.98 Å². The first-order valence-electron chi connectivity index (χ1n) is 9.29. The molecule has 7 nitrogen and oxygen atoms in total. The minimum absolute atomic E-state index is 0.0540. The molecule has 0 radical (unpaired) electrons. The van der Waals surface area contributed by atoms with Crippen molar-refractivity contribution in [1.82, 2.24) is 9.38 Å². The second kappa shape index (κ2) is 6.94. The fourth-order valence-electron chi connectivity index (χ4n) is 3.61. The van der Waals surface area contributed by atoms with Crippen LogP contribution in [-0.2, 0) is 24.2 Å². The van der Waals surface area contributed by atoms with Crippen LogP contribution in [0, 0.1) is 0 Å². The maximum Gasteiger partial charge on any atom is 0.338 e. The Morgan fingerprint density at radius 1 is 1.14 bits per heavy atom. The molecule has 0 bridgehead atoms. The second-order valence-electron chi connectivity index (χ2n) is 6.82. The molecule has 144 valence electrons. The summed E-state index contributed by atoms with van der Waals surface area (Å²) in [5, 5.41) is 0. The number of hydrogen-bond acceptors (Lipinski definition) is 7. The van der Waals surface area contributed by atoms with E-state index in [0.29, 0.717) is 40.9 Å². The maximum absolute atomic E-state index is 12.6. The number of rotatable bonds is 3. The number of nitrogens with zero attached hydrogens (tertiary/aromatic N) is 2. The molecule has 0 atom stereocenters. The lowest BCUT2D eigenvalue weighted by Crippen LogP contribution is -2.19. The van der Waals surface area contributed by atoms with E-state index in [9.17, 15) is 9.59 Å². The SMILES string of the molecule is O=C(OCc1cc(=O)n2c3c(sc2n1)CCCC3)c1ccc2c(c1)OCCO2. The van der Waals surface area contributed by atoms with Crippen LogP contribution in [0.5, 0.6) is 11.5 Å². The largest absolute Gasteiger partial charge is 0.486 e. The standard InChI is InChI=1S/C20H18N2O5S/c23-18-10-13(21-20-22(18)14-3-1-2-4-17(14)28-20)11-27-19(24)12-5-6-15-16(9-12)26-8-7-25-15/h5-6,9-10H,1-4,7-8,11H2. The van der Waals surface area contributed by atoms with Crippen LogP contribution in [0.3, 0.4) is 0 Å². The lowest BCUT2D eigenvalue weighted by Gasteiger charge is -2.18. The molecule has 1 aliphatic heterocycles. The van der Waals surface area contributed by atoms with Gasteiger partial charge in [-0.3, -0.25) is 9.20 Å². The van der Waals surface area contributed by atoms with Crippen LogP contribution in [0.4, 0.5) is 0 Å². The van der Waals surface area contributed by atoms with Crippen LogP contribution in [-0.4, -0.2) is 28.6 Å². The number of carbonyl (C=O) groups excluding carboxylic acids is 1. The highest BCUT2D eigenvalue weighted by molar-refractivity contribution is 7.17. The zero-order valence-corrected chi connectivity index (χ0v) is 15.9. The molecule has 0 saturated heterocycles. The second-order valence-corrected chi connectivity index (χ2v) is 7.88. The van der Waals surface area contributed by atoms with Gasteiger partial charge >= 0.3 is 5.97 Å². The molecule has 0 saturated carbocycles. The Morgan fingerprint density at radius 3 is 2.86 bits per heavy atom. The van der Waals surface area contributed by atoms with Crippen molar-refractivity contribution in [3.8, 4) is 11.5 Å². The Morgan fingerprint density at radius 2 is 1.96 bits per heavy atom. The molecular formula is C20H18N2O5S. The summed E-state index contributed by atoms with van der Waals surface area (Å²) in [7, 11) is 0. The van der Waals surface area contributed by atoms with E-state index in [1.807, 2.05) is 0 Å². The zero-order valence-electron chi connectivity index (χ0n) is 15.1. The molecule has 2 aliphatic rings. The molecule has 3 aromatic rings. The summed E-state index contributed by atoms with van der Waals surface area (Å²) in [5.41, 5.74) is 1.79. The van der Waals surface area contributed by atoms with E-state index in [1.54, 1.807) is 33.9 Å². The molecule has 0 amide bonds. The number of ether oxygens (including phenoxy) is 3. The monoisotopic (exact) mass is 398 g/mol. The number of hydrogen-bond donors (Lipinski definition) is 0. The van der Waals surface area contributed by atoms with Gasteiger partial charge in [0.05, 0.1) is 11.3 Å². The minimum Gasteiger partial charge on any atom is -0.486 e. The van der Waals surface area contributed by atoms with Gasteiger partial charge in [-0.05, 0) is 43.9 Å². The topological polar surface area (TPSA) is 79.1 Å². The van der Waals surface area contributed by atoms with Gasteiger partial charge in [0.2, 0.25) is 0 Å². The van der Waals surface area contributed by atoms with Crippen LogP contribution in [0.15, 0.2) is 29.1 Å². The Hall–Kier alpha value is -2.87. The van der Waals surface area contributed by atoms with Gasteiger partial charge in [0.25, 0.3) is 5.56 Å². The van der Waals surface area contributed by atoms with Crippen molar-refractivity contribution in [3.05, 3.63) is 56.4 Å². The van der Waals surface area contributed by atoms with Crippen molar-refractivity contribution in [2.24, 2.45) is 0 Å². The molecule has 28 heavy (non-hydrogen) atoms. The van der Waals surface area contributed by atoms with Crippen molar-refractivity contribution in [2.75, 3.05) is 13.2 Å². The summed E-state index contributed by atoms with van der Waals surface area (Å²) in [4.78, 5) is 31.4. The van der Waals surface area contributed by atoms with Gasteiger partial charge in [0, 0.05) is 16.6 Å². The zero-order chi connectivity index (χ0) is 19.1. The van der Waals surface area contributed by atoms with E-state index in [4.69, 9.17) is 14.2 Å². The fraction of sp³-hybridized carbons (Fsp3) is 0.350. The number of fused-ring (bicyclic) bond motifs is 4. The number of benzene rings is 1. The molecular weight excluding hydrogens is 380 g/mol. The Bertz CT molecular complexity index is 1130. The molecule has 0 spiro atoms. The summed E-state index contributed by atoms with van der Waals surface area (Å²) in [6.07, 6.45) is 4.15. The third kappa shape index (κ3) is 3.03. The number of esters is 1. The Labute approximate surface area is 164 Å². The summed E-state index contributed by atoms with van der Waals surface area (Å²) in [6, 6.07) is 6.38. The van der Waals surface area contributed by atoms with Gasteiger partial charge in [-0.1, -0.05) is 0 Å². The predicted molar refractivity (Wildman–Crippen MR) is 103 cm³/mol. The molecule has 8 heteroatoms. The summed E-state index contributed by atoms with van der Waals surface area (Å²) in [6.45, 7) is 0.887. The van der Waals surface area contributed by atoms with Crippen molar-refractivity contribution < 1.29 is 19.0 Å². The van der Waals surface area contributed by atoms with E-state index >= 15 is 0 Å². The molecule has 1 aromatic carbocycles. The van der Waals surface area contributed by atoms with Gasteiger partial charge in [-0.2, -0.15) is 0 Å². The Kier molecular flexibility index (Phi) is 4.27. The van der Waals surface area contributed by atoms with Crippen LogP contribution >= 0.6 is 11.3 Å². The van der Waals surface area contributed by atoms with Gasteiger partial charge < -0.3 is 14.2 Å². The van der Waals surface area contributed by atoms with E-state index < -0.39 is 5.97 Å². The molecule has 2 aromatic heterocycles. The minimum atomic E-state index is -0.496. The highest BCUT2D eigenvalue weighted by Gasteiger charge is 2.19. The van der Waals surface area contributed by atoms with Crippen LogP contribution in [0.1, 0.15) is 39.5 Å². The smallest absolute Gasteiger partial charge is 0.338 e. The van der Waals surface area contributed by atoms with E-state index in [1.165, 1.54) is 10.9 Å². The van der Waals surface area contributed by atoms with E-state index in [-0.39, 0.29) is 12.2 Å². The molecule has 0 fully saturated rings. The summed E-state index contributed by atoms with van der Waals surface area (Å²) >= 11 is 1.56. The van der Waals surface area contributed by atoms with Gasteiger partial charge in [0.15, 0.2) is 16.5 Å². The number of thiazole rings is 1. The van der Waals surface area contributed by atoms with Crippen molar-refractivity contribution in [1.29, 1.82) is 0 Å². The van der Waals surface area contributed by atoms with Crippen LogP contribution in [0.25, 0.3) is 4.96 Å². The first-order valence-corrected chi connectivity index (χ1v) is 10.1. The molecule has 5 rings (SSSR count). The van der Waals surface area contributed by atoms with E-state index in [0.717, 1.165) is 31.4 Å². The number of carbonyl (C=O) groups is 1. The highest BCUT2D eigenvalue weighted by atomic mass is 32.1. The van der Waals surface area contributed by atoms with Crippen molar-refractivity contribution in [2.45, 2.75) is 32.3 Å². The maximum atomic E-state index is 12.6. The number of aryl methyl sites for hydroxylation is 2. The lowest BCUT2D eigenvalue weighted by atomic mass is 10.0. The molecule has 0 unspecified atom stereocenters. The summed E-state index contributed by atoms with van der Waals surface area (Å²) < 4.78 is 18.0. The first kappa shape index (κ1) is 17.2. The van der Waals surface area contributed by atoms with Crippen molar-refractivity contribution in [3.63, 3.8) is 0 Å². The lowest BCUT2D eigenvalue weighted by molar-refractivity contribution is 0.0466. The first-order chi connectivity index (χ1) is 13.7. The predicted octanol–water partition coefficient (Wildman–Crippen LogP) is 2.76. The fourth-order valence-corrected chi connectivity index (χ4v) is 4.84. The summed E-state index contributed by atoms with van der Waals surface area (Å²) in [5.74, 6) is 0.650. The van der Waals surface area contributed by atoms with Gasteiger partial charge in [0.1, 0.15) is 19.8 Å². The normalized spacial score (nSPS) is 15.3.